The number of likely N-dealkylation sites (N-methyl/N-ethyl adjacent to an activating group) is 1. The van der Waals surface area contributed by atoms with E-state index >= 15 is 0 Å². The number of hydrogen-bond donors (Lipinski definition) is 3. The second-order valence-corrected chi connectivity index (χ2v) is 11.5. The highest BCUT2D eigenvalue weighted by Crippen LogP contribution is 2.38. The van der Waals surface area contributed by atoms with Crippen molar-refractivity contribution in [1.29, 1.82) is 0 Å². The third kappa shape index (κ3) is 5.12. The van der Waals surface area contributed by atoms with Crippen molar-refractivity contribution in [1.82, 2.24) is 15.1 Å². The number of carbonyl (C=O) groups excluding carboxylic acids is 3. The Bertz CT molecular complexity index is 1460. The average molecular weight is 549 g/mol. The van der Waals surface area contributed by atoms with Crippen LogP contribution in [-0.4, -0.2) is 64.0 Å². The Labute approximate surface area is 232 Å². The third-order valence-corrected chi connectivity index (χ3v) is 8.57. The molecular formula is C30H33ClN4O4. The molecule has 3 N–H and O–H groups in total. The van der Waals surface area contributed by atoms with Gasteiger partial charge < -0.3 is 20.6 Å². The van der Waals surface area contributed by atoms with Crippen molar-refractivity contribution < 1.29 is 19.5 Å². The third-order valence-electron chi connectivity index (χ3n) is 7.90. The Morgan fingerprint density at radius 1 is 1.10 bits per heavy atom. The number of aliphatic hydroxyl groups is 1. The van der Waals surface area contributed by atoms with E-state index in [9.17, 15) is 19.5 Å². The number of alkyl halides is 1. The first-order chi connectivity index (χ1) is 18.5. The number of hydrogen-bond acceptors (Lipinski definition) is 5. The summed E-state index contributed by atoms with van der Waals surface area (Å²) >= 11 is 6.12. The number of benzene rings is 3. The molecule has 0 bridgehead atoms. The number of rotatable bonds is 7. The van der Waals surface area contributed by atoms with Crippen molar-refractivity contribution in [2.24, 2.45) is 5.41 Å². The number of halogens is 1. The fourth-order valence-electron chi connectivity index (χ4n) is 5.50. The van der Waals surface area contributed by atoms with E-state index in [-0.39, 0.29) is 36.7 Å². The molecule has 204 valence electrons. The van der Waals surface area contributed by atoms with Crippen LogP contribution in [-0.2, 0) is 33.8 Å². The summed E-state index contributed by atoms with van der Waals surface area (Å²) in [4.78, 5) is 42.5. The topological polar surface area (TPSA) is 102 Å². The Balaban J connectivity index is 1.32. The Kier molecular flexibility index (Phi) is 7.13. The summed E-state index contributed by atoms with van der Waals surface area (Å²) in [6.07, 6.45) is -0.103. The first-order valence-electron chi connectivity index (χ1n) is 13.0. The lowest BCUT2D eigenvalue weighted by molar-refractivity contribution is -0.142. The fraction of sp³-hybridized carbons (Fsp3) is 0.367. The Morgan fingerprint density at radius 3 is 2.51 bits per heavy atom. The van der Waals surface area contributed by atoms with Crippen LogP contribution in [0.1, 0.15) is 30.5 Å². The van der Waals surface area contributed by atoms with Crippen LogP contribution in [0.5, 0.6) is 0 Å². The second kappa shape index (κ2) is 10.3. The van der Waals surface area contributed by atoms with Crippen LogP contribution >= 0.6 is 11.6 Å². The summed E-state index contributed by atoms with van der Waals surface area (Å²) in [6, 6.07) is 19.6. The molecule has 1 spiro atoms. The van der Waals surface area contributed by atoms with Gasteiger partial charge in [0.1, 0.15) is 12.1 Å². The van der Waals surface area contributed by atoms with Crippen LogP contribution < -0.4 is 10.6 Å². The largest absolute Gasteiger partial charge is 0.361 e. The molecular weight excluding hydrogens is 516 g/mol. The minimum Gasteiger partial charge on any atom is -0.361 e. The molecule has 1 heterocycles. The first kappa shape index (κ1) is 27.1. The Hall–Kier alpha value is -3.46. The van der Waals surface area contributed by atoms with E-state index in [2.05, 4.69) is 10.6 Å². The molecule has 1 unspecified atom stereocenters. The normalized spacial score (nSPS) is 20.7. The molecule has 0 radical (unpaired) electrons. The molecule has 8 nitrogen and oxygen atoms in total. The lowest BCUT2D eigenvalue weighted by Crippen LogP contribution is -2.49. The lowest BCUT2D eigenvalue weighted by Gasteiger charge is -2.30. The van der Waals surface area contributed by atoms with Crippen molar-refractivity contribution in [3.8, 4) is 0 Å². The standard InChI is InChI=1S/C30H33ClN4O4/c1-29(2,18-31)27(38)35(16-19-8-9-20-6-4-5-7-21(20)12-19)17-25(36)32-24-11-10-22-14-30(15-23(22)13-24)26(37)33-28(39)34(30)3/h4-13,28,39H,14-18H2,1-3H3,(H,32,36)(H,33,37)/t28?,30-/m0/s1. The van der Waals surface area contributed by atoms with E-state index in [0.717, 1.165) is 27.5 Å². The molecule has 1 aliphatic heterocycles. The fourth-order valence-corrected chi connectivity index (χ4v) is 5.62. The van der Waals surface area contributed by atoms with Gasteiger partial charge >= 0.3 is 0 Å². The van der Waals surface area contributed by atoms with Crippen LogP contribution in [0.4, 0.5) is 5.69 Å². The monoisotopic (exact) mass is 548 g/mol. The van der Waals surface area contributed by atoms with Crippen LogP contribution in [0, 0.1) is 5.41 Å². The molecule has 39 heavy (non-hydrogen) atoms. The van der Waals surface area contributed by atoms with Gasteiger partial charge in [-0.25, -0.2) is 4.90 Å². The van der Waals surface area contributed by atoms with Gasteiger partial charge in [0.15, 0.2) is 6.35 Å². The quantitative estimate of drug-likeness (QED) is 0.393. The number of fused-ring (bicyclic) bond motifs is 2. The van der Waals surface area contributed by atoms with Crippen molar-refractivity contribution in [3.05, 3.63) is 77.4 Å². The Morgan fingerprint density at radius 2 is 1.82 bits per heavy atom. The van der Waals surface area contributed by atoms with E-state index < -0.39 is 17.3 Å². The number of nitrogens with zero attached hydrogens (tertiary/aromatic N) is 2. The molecule has 3 aromatic carbocycles. The number of carbonyl (C=O) groups is 3. The molecule has 0 saturated carbocycles. The zero-order chi connectivity index (χ0) is 27.9. The van der Waals surface area contributed by atoms with Gasteiger partial charge in [0.05, 0.1) is 5.41 Å². The van der Waals surface area contributed by atoms with Crippen molar-refractivity contribution in [2.45, 2.75) is 45.1 Å². The molecule has 2 atom stereocenters. The maximum atomic E-state index is 13.4. The summed E-state index contributed by atoms with van der Waals surface area (Å²) in [5, 5.41) is 17.8. The van der Waals surface area contributed by atoms with Crippen molar-refractivity contribution >= 4 is 45.8 Å². The molecule has 3 aromatic rings. The molecule has 9 heteroatoms. The van der Waals surface area contributed by atoms with Crippen LogP contribution in [0.15, 0.2) is 60.7 Å². The smallest absolute Gasteiger partial charge is 0.244 e. The van der Waals surface area contributed by atoms with Gasteiger partial charge in [0.25, 0.3) is 0 Å². The zero-order valence-electron chi connectivity index (χ0n) is 22.3. The average Bonchev–Trinajstić information content (AvgIpc) is 3.40. The summed E-state index contributed by atoms with van der Waals surface area (Å²) in [5.41, 5.74) is 1.79. The second-order valence-electron chi connectivity index (χ2n) is 11.2. The minimum atomic E-state index is -1.02. The van der Waals surface area contributed by atoms with E-state index in [1.165, 1.54) is 0 Å². The lowest BCUT2D eigenvalue weighted by atomic mass is 9.94. The van der Waals surface area contributed by atoms with Crippen molar-refractivity contribution in [3.63, 3.8) is 0 Å². The molecule has 1 saturated heterocycles. The van der Waals surface area contributed by atoms with Crippen LogP contribution in [0.25, 0.3) is 10.8 Å². The number of nitrogens with one attached hydrogen (secondary N) is 2. The van der Waals surface area contributed by atoms with Crippen LogP contribution in [0.2, 0.25) is 0 Å². The molecule has 3 amide bonds. The van der Waals surface area contributed by atoms with Gasteiger partial charge in [-0.15, -0.1) is 11.6 Å². The summed E-state index contributed by atoms with van der Waals surface area (Å²) in [7, 11) is 1.72. The van der Waals surface area contributed by atoms with Gasteiger partial charge in [-0.05, 0) is 66.6 Å². The number of aliphatic hydroxyl groups excluding tert-OH is 1. The molecule has 2 aliphatic rings. The maximum Gasteiger partial charge on any atom is 0.244 e. The van der Waals surface area contributed by atoms with Gasteiger partial charge in [-0.3, -0.25) is 14.4 Å². The van der Waals surface area contributed by atoms with Crippen molar-refractivity contribution in [2.75, 3.05) is 24.8 Å². The predicted octanol–water partition coefficient (Wildman–Crippen LogP) is 3.25. The summed E-state index contributed by atoms with van der Waals surface area (Å²) in [6.45, 7) is 3.69. The number of amides is 3. The minimum absolute atomic E-state index is 0.130. The highest BCUT2D eigenvalue weighted by Gasteiger charge is 2.54. The van der Waals surface area contributed by atoms with E-state index in [0.29, 0.717) is 18.5 Å². The van der Waals surface area contributed by atoms with Gasteiger partial charge in [0.2, 0.25) is 17.7 Å². The predicted molar refractivity (Wildman–Crippen MR) is 151 cm³/mol. The van der Waals surface area contributed by atoms with Gasteiger partial charge in [-0.1, -0.05) is 42.5 Å². The summed E-state index contributed by atoms with van der Waals surface area (Å²) < 4.78 is 0. The molecule has 1 aliphatic carbocycles. The van der Waals surface area contributed by atoms with Crippen LogP contribution in [0.3, 0.4) is 0 Å². The molecule has 0 aromatic heterocycles. The van der Waals surface area contributed by atoms with Gasteiger partial charge in [0, 0.05) is 31.0 Å². The summed E-state index contributed by atoms with van der Waals surface area (Å²) in [5.74, 6) is -0.603. The first-order valence-corrected chi connectivity index (χ1v) is 13.5. The van der Waals surface area contributed by atoms with E-state index in [1.807, 2.05) is 54.6 Å². The number of anilines is 1. The maximum absolute atomic E-state index is 13.4. The highest BCUT2D eigenvalue weighted by molar-refractivity contribution is 6.19. The molecule has 5 rings (SSSR count). The zero-order valence-corrected chi connectivity index (χ0v) is 23.1. The van der Waals surface area contributed by atoms with E-state index in [1.54, 1.807) is 36.8 Å². The highest BCUT2D eigenvalue weighted by atomic mass is 35.5. The van der Waals surface area contributed by atoms with Gasteiger partial charge in [-0.2, -0.15) is 0 Å². The SMILES string of the molecule is CN1C(O)NC(=O)[C@@]12Cc1ccc(NC(=O)CN(Cc3ccc4ccccc4c3)C(=O)C(C)(C)CCl)cc1C2. The van der Waals surface area contributed by atoms with E-state index in [4.69, 9.17) is 11.6 Å². The molecule has 1 fully saturated rings.